The number of benzene rings is 1. The third kappa shape index (κ3) is 5.30. The molecule has 0 bridgehead atoms. The second kappa shape index (κ2) is 8.68. The van der Waals surface area contributed by atoms with Gasteiger partial charge in [0, 0.05) is 16.5 Å². The molecule has 142 valence electrons. The summed E-state index contributed by atoms with van der Waals surface area (Å²) in [7, 11) is 0. The van der Waals surface area contributed by atoms with E-state index in [1.807, 2.05) is 43.5 Å². The highest BCUT2D eigenvalue weighted by molar-refractivity contribution is 7.09. The summed E-state index contributed by atoms with van der Waals surface area (Å²) in [5, 5.41) is 15.5. The molecule has 8 heteroatoms. The normalized spacial score (nSPS) is 12.0. The van der Waals surface area contributed by atoms with Crippen LogP contribution < -0.4 is 15.4 Å². The topological polar surface area (TPSA) is 89.3 Å². The molecule has 7 nitrogen and oxygen atoms in total. The van der Waals surface area contributed by atoms with E-state index in [-0.39, 0.29) is 11.9 Å². The Balaban J connectivity index is 1.49. The van der Waals surface area contributed by atoms with E-state index in [0.29, 0.717) is 24.1 Å². The molecule has 0 fully saturated rings. The monoisotopic (exact) mass is 386 g/mol. The Morgan fingerprint density at radius 1 is 1.15 bits per heavy atom. The predicted octanol–water partition coefficient (Wildman–Crippen LogP) is 4.72. The molecule has 2 N–H and O–H groups in total. The lowest BCUT2D eigenvalue weighted by Crippen LogP contribution is -2.31. The van der Waals surface area contributed by atoms with Gasteiger partial charge in [-0.15, -0.1) is 21.5 Å². The number of nitrogens with one attached hydrogen (secondary N) is 2. The van der Waals surface area contributed by atoms with E-state index in [1.165, 1.54) is 0 Å². The molecular formula is C19H22N4O3S. The van der Waals surface area contributed by atoms with Crippen molar-refractivity contribution in [1.29, 1.82) is 0 Å². The van der Waals surface area contributed by atoms with Crippen molar-refractivity contribution in [3.8, 4) is 5.75 Å². The Hall–Kier alpha value is -2.87. The number of rotatable bonds is 7. The highest BCUT2D eigenvalue weighted by Crippen LogP contribution is 2.19. The molecule has 3 aromatic rings. The fourth-order valence-corrected chi connectivity index (χ4v) is 2.88. The smallest absolute Gasteiger partial charge is 0.319 e. The first-order valence-electron chi connectivity index (χ1n) is 8.67. The Morgan fingerprint density at radius 3 is 2.52 bits per heavy atom. The van der Waals surface area contributed by atoms with E-state index < -0.39 is 6.04 Å². The van der Waals surface area contributed by atoms with Gasteiger partial charge in [-0.3, -0.25) is 0 Å². The lowest BCUT2D eigenvalue weighted by molar-refractivity contribution is 0.246. The number of hydrogen-bond acceptors (Lipinski definition) is 6. The molecule has 0 spiro atoms. The number of ether oxygens (including phenoxy) is 1. The van der Waals surface area contributed by atoms with Crippen molar-refractivity contribution in [2.75, 3.05) is 5.32 Å². The summed E-state index contributed by atoms with van der Waals surface area (Å²) in [6, 6.07) is 10.5. The molecule has 1 aromatic carbocycles. The number of hydrogen-bond donors (Lipinski definition) is 2. The van der Waals surface area contributed by atoms with Crippen LogP contribution in [0, 0.1) is 0 Å². The fraction of sp³-hybridized carbons (Fsp3) is 0.316. The lowest BCUT2D eigenvalue weighted by Gasteiger charge is -2.12. The third-order valence-corrected chi connectivity index (χ3v) is 4.59. The average molecular weight is 386 g/mol. The van der Waals surface area contributed by atoms with E-state index in [0.717, 1.165) is 10.6 Å². The van der Waals surface area contributed by atoms with Crippen LogP contribution >= 0.6 is 11.3 Å². The molecule has 0 aliphatic rings. The van der Waals surface area contributed by atoms with Gasteiger partial charge in [0.2, 0.25) is 11.8 Å². The number of nitrogens with zero attached hydrogens (tertiary/aromatic N) is 2. The Bertz CT molecular complexity index is 859. The highest BCUT2D eigenvalue weighted by atomic mass is 32.1. The first-order valence-corrected chi connectivity index (χ1v) is 9.55. The number of anilines is 1. The van der Waals surface area contributed by atoms with Crippen molar-refractivity contribution in [2.45, 2.75) is 39.3 Å². The molecular weight excluding hydrogens is 364 g/mol. The predicted molar refractivity (Wildman–Crippen MR) is 104 cm³/mol. The summed E-state index contributed by atoms with van der Waals surface area (Å²) in [6.45, 7) is 6.26. The van der Waals surface area contributed by atoms with Crippen molar-refractivity contribution in [3.05, 3.63) is 58.4 Å². The zero-order valence-corrected chi connectivity index (χ0v) is 16.2. The first-order chi connectivity index (χ1) is 13.0. The second-order valence-electron chi connectivity index (χ2n) is 6.35. The van der Waals surface area contributed by atoms with Crippen LogP contribution in [-0.4, -0.2) is 16.2 Å². The molecule has 2 heterocycles. The van der Waals surface area contributed by atoms with Crippen molar-refractivity contribution in [3.63, 3.8) is 0 Å². The van der Waals surface area contributed by atoms with Gasteiger partial charge in [-0.2, -0.15) is 0 Å². The van der Waals surface area contributed by atoms with E-state index >= 15 is 0 Å². The van der Waals surface area contributed by atoms with E-state index in [2.05, 4.69) is 20.8 Å². The zero-order valence-electron chi connectivity index (χ0n) is 15.4. The minimum Gasteiger partial charge on any atom is -0.488 e. The number of aromatic nitrogens is 2. The number of carbonyl (C=O) groups is 1. The maximum atomic E-state index is 12.2. The Kier molecular flexibility index (Phi) is 6.08. The number of amides is 2. The van der Waals surface area contributed by atoms with Crippen LogP contribution in [0.5, 0.6) is 5.75 Å². The van der Waals surface area contributed by atoms with Crippen LogP contribution in [0.1, 0.15) is 49.4 Å². The molecule has 0 radical (unpaired) electrons. The third-order valence-electron chi connectivity index (χ3n) is 3.74. The summed E-state index contributed by atoms with van der Waals surface area (Å²) >= 11 is 1.65. The van der Waals surface area contributed by atoms with Gasteiger partial charge >= 0.3 is 6.03 Å². The second-order valence-corrected chi connectivity index (χ2v) is 7.38. The summed E-state index contributed by atoms with van der Waals surface area (Å²) in [4.78, 5) is 13.3. The standard InChI is InChI=1S/C19H22N4O3S/c1-12(2)17-22-23-18(26-17)13(3)20-19(24)21-14-6-8-15(9-7-14)25-11-16-5-4-10-27-16/h4-10,12-13H,11H2,1-3H3,(H2,20,21,24)/t13-/m0/s1. The fourth-order valence-electron chi connectivity index (χ4n) is 2.26. The molecule has 0 saturated carbocycles. The summed E-state index contributed by atoms with van der Waals surface area (Å²) in [5.41, 5.74) is 0.663. The molecule has 27 heavy (non-hydrogen) atoms. The quantitative estimate of drug-likeness (QED) is 0.613. The minimum atomic E-state index is -0.390. The van der Waals surface area contributed by atoms with Gasteiger partial charge in [0.1, 0.15) is 18.4 Å². The van der Waals surface area contributed by atoms with Crippen molar-refractivity contribution in [1.82, 2.24) is 15.5 Å². The molecule has 1 atom stereocenters. The molecule has 3 rings (SSSR count). The van der Waals surface area contributed by atoms with Crippen LogP contribution in [0.4, 0.5) is 10.5 Å². The molecule has 0 unspecified atom stereocenters. The number of thiophene rings is 1. The number of urea groups is 1. The van der Waals surface area contributed by atoms with E-state index in [1.54, 1.807) is 30.4 Å². The van der Waals surface area contributed by atoms with Gasteiger partial charge < -0.3 is 19.8 Å². The van der Waals surface area contributed by atoms with Crippen molar-refractivity contribution < 1.29 is 13.9 Å². The first kappa shape index (κ1) is 18.9. The minimum absolute atomic E-state index is 0.146. The van der Waals surface area contributed by atoms with Crippen LogP contribution in [-0.2, 0) is 6.61 Å². The van der Waals surface area contributed by atoms with Gasteiger partial charge in [-0.25, -0.2) is 4.79 Å². The zero-order chi connectivity index (χ0) is 19.2. The average Bonchev–Trinajstić information content (AvgIpc) is 3.33. The molecule has 0 aliphatic carbocycles. The van der Waals surface area contributed by atoms with Gasteiger partial charge in [-0.1, -0.05) is 19.9 Å². The summed E-state index contributed by atoms with van der Waals surface area (Å²) in [5.74, 6) is 1.82. The van der Waals surface area contributed by atoms with Crippen molar-refractivity contribution in [2.24, 2.45) is 0 Å². The van der Waals surface area contributed by atoms with Crippen LogP contribution in [0.15, 0.2) is 46.2 Å². The van der Waals surface area contributed by atoms with Gasteiger partial charge in [0.15, 0.2) is 0 Å². The van der Waals surface area contributed by atoms with Gasteiger partial charge in [0.25, 0.3) is 0 Å². The molecule has 2 amide bonds. The Labute approximate surface area is 161 Å². The largest absolute Gasteiger partial charge is 0.488 e. The molecule has 2 aromatic heterocycles. The maximum Gasteiger partial charge on any atom is 0.319 e. The molecule has 0 aliphatic heterocycles. The van der Waals surface area contributed by atoms with Gasteiger partial charge in [-0.05, 0) is 42.6 Å². The number of carbonyl (C=O) groups excluding carboxylic acids is 1. The van der Waals surface area contributed by atoms with Gasteiger partial charge in [0.05, 0.1) is 0 Å². The molecule has 0 saturated heterocycles. The highest BCUT2D eigenvalue weighted by Gasteiger charge is 2.17. The van der Waals surface area contributed by atoms with Crippen LogP contribution in [0.25, 0.3) is 0 Å². The van der Waals surface area contributed by atoms with Crippen LogP contribution in [0.2, 0.25) is 0 Å². The van der Waals surface area contributed by atoms with E-state index in [4.69, 9.17) is 9.15 Å². The summed E-state index contributed by atoms with van der Waals surface area (Å²) < 4.78 is 11.3. The van der Waals surface area contributed by atoms with Crippen molar-refractivity contribution >= 4 is 23.1 Å². The van der Waals surface area contributed by atoms with Crippen LogP contribution in [0.3, 0.4) is 0 Å². The SMILES string of the molecule is CC(C)c1nnc([C@H](C)NC(=O)Nc2ccc(OCc3cccs3)cc2)o1. The maximum absolute atomic E-state index is 12.2. The Morgan fingerprint density at radius 2 is 1.89 bits per heavy atom. The summed E-state index contributed by atoms with van der Waals surface area (Å²) in [6.07, 6.45) is 0. The lowest BCUT2D eigenvalue weighted by atomic mass is 10.2. The van der Waals surface area contributed by atoms with E-state index in [9.17, 15) is 4.79 Å².